The minimum Gasteiger partial charge on any atom is -0.503 e. The predicted octanol–water partition coefficient (Wildman–Crippen LogP) is 3.62. The number of carbonyl (C=O) groups excluding carboxylic acids is 2. The van der Waals surface area contributed by atoms with Gasteiger partial charge in [0.2, 0.25) is 11.7 Å². The number of Topliss-reactive ketones (excluding diaryl/α,β-unsaturated/α-hetero) is 1. The largest absolute Gasteiger partial charge is 0.503 e. The molecule has 0 aliphatic carbocycles. The van der Waals surface area contributed by atoms with Crippen molar-refractivity contribution in [1.82, 2.24) is 9.97 Å². The monoisotopic (exact) mass is 425 g/mol. The van der Waals surface area contributed by atoms with Crippen molar-refractivity contribution in [3.05, 3.63) is 88.3 Å². The van der Waals surface area contributed by atoms with E-state index >= 15 is 0 Å². The molecule has 1 aromatic carbocycles. The van der Waals surface area contributed by atoms with E-state index in [4.69, 9.17) is 4.42 Å². The highest BCUT2D eigenvalue weighted by Gasteiger charge is 2.46. The number of furan rings is 1. The lowest BCUT2D eigenvalue weighted by atomic mass is 9.95. The van der Waals surface area contributed by atoms with Crippen LogP contribution < -0.4 is 4.90 Å². The van der Waals surface area contributed by atoms with Gasteiger partial charge in [-0.05, 0) is 35.9 Å². The standard InChI is InChI=1S/C19H12BrN3O4/c20-12-5-1-4-11(10-12)15-14(16(24)13-6-2-9-27-13)17(25)18(26)23(15)19-21-7-3-8-22-19/h1-10,15,25H/t15-/m0/s1. The van der Waals surface area contributed by atoms with Gasteiger partial charge in [0.25, 0.3) is 5.91 Å². The quantitative estimate of drug-likeness (QED) is 0.641. The number of amides is 1. The van der Waals surface area contributed by atoms with Gasteiger partial charge in [-0.1, -0.05) is 28.1 Å². The average Bonchev–Trinajstić information content (AvgIpc) is 3.30. The van der Waals surface area contributed by atoms with Crippen LogP contribution in [-0.2, 0) is 4.79 Å². The minimum atomic E-state index is -0.894. The Morgan fingerprint density at radius 3 is 2.59 bits per heavy atom. The second-order valence-corrected chi connectivity index (χ2v) is 6.67. The molecule has 1 N–H and O–H groups in total. The van der Waals surface area contributed by atoms with Gasteiger partial charge in [-0.2, -0.15) is 0 Å². The van der Waals surface area contributed by atoms with Crippen molar-refractivity contribution in [1.29, 1.82) is 0 Å². The molecule has 7 nitrogen and oxygen atoms in total. The number of nitrogens with zero attached hydrogens (tertiary/aromatic N) is 3. The molecule has 134 valence electrons. The molecule has 8 heteroatoms. The molecule has 27 heavy (non-hydrogen) atoms. The summed E-state index contributed by atoms with van der Waals surface area (Å²) < 4.78 is 5.94. The second-order valence-electron chi connectivity index (χ2n) is 5.75. The molecular formula is C19H12BrN3O4. The van der Waals surface area contributed by atoms with E-state index < -0.39 is 23.5 Å². The van der Waals surface area contributed by atoms with Gasteiger partial charge in [-0.25, -0.2) is 9.97 Å². The van der Waals surface area contributed by atoms with Crippen LogP contribution in [0.3, 0.4) is 0 Å². The highest BCUT2D eigenvalue weighted by molar-refractivity contribution is 9.10. The van der Waals surface area contributed by atoms with Crippen molar-refractivity contribution in [3.63, 3.8) is 0 Å². The van der Waals surface area contributed by atoms with E-state index in [0.29, 0.717) is 5.56 Å². The lowest BCUT2D eigenvalue weighted by Gasteiger charge is -2.24. The number of carbonyl (C=O) groups is 2. The van der Waals surface area contributed by atoms with E-state index in [-0.39, 0.29) is 17.3 Å². The van der Waals surface area contributed by atoms with Crippen LogP contribution in [0.4, 0.5) is 5.95 Å². The lowest BCUT2D eigenvalue weighted by Crippen LogP contribution is -2.32. The molecule has 0 spiro atoms. The average molecular weight is 426 g/mol. The van der Waals surface area contributed by atoms with E-state index in [1.54, 1.807) is 30.3 Å². The SMILES string of the molecule is O=C(C1=C(O)C(=O)N(c2ncccn2)[C@H]1c1cccc(Br)c1)c1ccco1. The van der Waals surface area contributed by atoms with Crippen molar-refractivity contribution in [2.45, 2.75) is 6.04 Å². The fraction of sp³-hybridized carbons (Fsp3) is 0.0526. The topological polar surface area (TPSA) is 96.5 Å². The van der Waals surface area contributed by atoms with Crippen molar-refractivity contribution in [2.24, 2.45) is 0 Å². The number of anilines is 1. The zero-order valence-electron chi connectivity index (χ0n) is 13.7. The summed E-state index contributed by atoms with van der Waals surface area (Å²) in [6.07, 6.45) is 4.32. The Bertz CT molecular complexity index is 1050. The van der Waals surface area contributed by atoms with Gasteiger partial charge in [-0.15, -0.1) is 0 Å². The summed E-state index contributed by atoms with van der Waals surface area (Å²) in [6.45, 7) is 0. The van der Waals surface area contributed by atoms with Crippen LogP contribution in [0.5, 0.6) is 0 Å². The predicted molar refractivity (Wildman–Crippen MR) is 99.1 cm³/mol. The lowest BCUT2D eigenvalue weighted by molar-refractivity contribution is -0.117. The van der Waals surface area contributed by atoms with Crippen molar-refractivity contribution >= 4 is 33.6 Å². The van der Waals surface area contributed by atoms with Crippen molar-refractivity contribution in [3.8, 4) is 0 Å². The summed E-state index contributed by atoms with van der Waals surface area (Å²) in [7, 11) is 0. The third kappa shape index (κ3) is 2.93. The number of hydrogen-bond acceptors (Lipinski definition) is 6. The number of halogens is 1. The maximum atomic E-state index is 13.0. The molecule has 0 unspecified atom stereocenters. The minimum absolute atomic E-state index is 0.0279. The Morgan fingerprint density at radius 1 is 1.15 bits per heavy atom. The van der Waals surface area contributed by atoms with Crippen molar-refractivity contribution < 1.29 is 19.1 Å². The molecule has 0 bridgehead atoms. The number of benzene rings is 1. The Balaban J connectivity index is 1.90. The Labute approximate surface area is 162 Å². The number of ketones is 1. The number of rotatable bonds is 4. The fourth-order valence-corrected chi connectivity index (χ4v) is 3.41. The summed E-state index contributed by atoms with van der Waals surface area (Å²) in [5.74, 6) is -1.86. The molecule has 0 saturated carbocycles. The number of aromatic nitrogens is 2. The van der Waals surface area contributed by atoms with E-state index in [1.165, 1.54) is 29.6 Å². The van der Waals surface area contributed by atoms with E-state index in [1.807, 2.05) is 6.07 Å². The van der Waals surface area contributed by atoms with Gasteiger partial charge in [0.15, 0.2) is 11.5 Å². The molecule has 3 aromatic rings. The van der Waals surface area contributed by atoms with Crippen LogP contribution in [0.15, 0.2) is 81.3 Å². The molecule has 0 saturated heterocycles. The third-order valence-electron chi connectivity index (χ3n) is 4.13. The highest BCUT2D eigenvalue weighted by atomic mass is 79.9. The molecule has 1 atom stereocenters. The first-order valence-electron chi connectivity index (χ1n) is 7.95. The number of aliphatic hydroxyl groups excluding tert-OH is 1. The highest BCUT2D eigenvalue weighted by Crippen LogP contribution is 2.41. The van der Waals surface area contributed by atoms with Gasteiger partial charge in [0.1, 0.15) is 0 Å². The summed E-state index contributed by atoms with van der Waals surface area (Å²) in [4.78, 5) is 35.2. The first kappa shape index (κ1) is 17.2. The van der Waals surface area contributed by atoms with Crippen LogP contribution in [0.25, 0.3) is 0 Å². The Morgan fingerprint density at radius 2 is 1.93 bits per heavy atom. The molecule has 2 aromatic heterocycles. The molecule has 1 aliphatic rings. The fourth-order valence-electron chi connectivity index (χ4n) is 2.99. The molecule has 3 heterocycles. The van der Waals surface area contributed by atoms with Gasteiger partial charge >= 0.3 is 0 Å². The van der Waals surface area contributed by atoms with Crippen LogP contribution in [0.2, 0.25) is 0 Å². The number of hydrogen-bond donors (Lipinski definition) is 1. The van der Waals surface area contributed by atoms with Crippen LogP contribution in [0.1, 0.15) is 22.2 Å². The Hall–Kier alpha value is -3.26. The molecule has 0 radical (unpaired) electrons. The van der Waals surface area contributed by atoms with Crippen LogP contribution >= 0.6 is 15.9 Å². The first-order chi connectivity index (χ1) is 13.1. The summed E-state index contributed by atoms with van der Waals surface area (Å²) in [5, 5.41) is 10.5. The van der Waals surface area contributed by atoms with Crippen LogP contribution in [0, 0.1) is 0 Å². The van der Waals surface area contributed by atoms with Gasteiger partial charge in [0.05, 0.1) is 17.9 Å². The maximum Gasteiger partial charge on any atom is 0.296 e. The van der Waals surface area contributed by atoms with Crippen LogP contribution in [-0.4, -0.2) is 26.8 Å². The zero-order chi connectivity index (χ0) is 19.0. The van der Waals surface area contributed by atoms with Gasteiger partial charge in [0, 0.05) is 16.9 Å². The molecule has 0 fully saturated rings. The first-order valence-corrected chi connectivity index (χ1v) is 8.74. The maximum absolute atomic E-state index is 13.0. The van der Waals surface area contributed by atoms with E-state index in [0.717, 1.165) is 4.47 Å². The normalized spacial score (nSPS) is 16.9. The smallest absolute Gasteiger partial charge is 0.296 e. The summed E-state index contributed by atoms with van der Waals surface area (Å²) >= 11 is 3.39. The molecule has 1 aliphatic heterocycles. The summed E-state index contributed by atoms with van der Waals surface area (Å²) in [5.41, 5.74) is 0.532. The molecule has 4 rings (SSSR count). The summed E-state index contributed by atoms with van der Waals surface area (Å²) in [6, 6.07) is 10.9. The number of aliphatic hydroxyl groups is 1. The van der Waals surface area contributed by atoms with E-state index in [2.05, 4.69) is 25.9 Å². The second kappa shape index (κ2) is 6.81. The van der Waals surface area contributed by atoms with Gasteiger partial charge in [-0.3, -0.25) is 14.5 Å². The Kier molecular flexibility index (Phi) is 4.33. The van der Waals surface area contributed by atoms with Gasteiger partial charge < -0.3 is 9.52 Å². The molecule has 1 amide bonds. The zero-order valence-corrected chi connectivity index (χ0v) is 15.3. The van der Waals surface area contributed by atoms with Crippen molar-refractivity contribution in [2.75, 3.05) is 4.90 Å². The van der Waals surface area contributed by atoms with E-state index in [9.17, 15) is 14.7 Å². The molecular weight excluding hydrogens is 414 g/mol. The third-order valence-corrected chi connectivity index (χ3v) is 4.62.